The first-order chi connectivity index (χ1) is 9.66. The van der Waals surface area contributed by atoms with E-state index in [4.69, 9.17) is 4.74 Å². The summed E-state index contributed by atoms with van der Waals surface area (Å²) in [5.74, 6) is -0.0666. The molecule has 1 saturated heterocycles. The summed E-state index contributed by atoms with van der Waals surface area (Å²) in [6, 6.07) is 9.22. The van der Waals surface area contributed by atoms with Gasteiger partial charge in [-0.3, -0.25) is 9.69 Å². The van der Waals surface area contributed by atoms with Crippen LogP contribution in [0.15, 0.2) is 36.0 Å². The third-order valence-corrected chi connectivity index (χ3v) is 3.15. The summed E-state index contributed by atoms with van der Waals surface area (Å²) in [4.78, 5) is 13.5. The van der Waals surface area contributed by atoms with E-state index in [1.54, 1.807) is 0 Å². The Morgan fingerprint density at radius 1 is 1.30 bits per heavy atom. The lowest BCUT2D eigenvalue weighted by Crippen LogP contribution is -2.40. The molecule has 5 heteroatoms. The minimum Gasteiger partial charge on any atom is -0.505 e. The van der Waals surface area contributed by atoms with E-state index < -0.39 is 0 Å². The van der Waals surface area contributed by atoms with Gasteiger partial charge < -0.3 is 15.2 Å². The molecule has 20 heavy (non-hydrogen) atoms. The molecule has 5 nitrogen and oxygen atoms in total. The number of nitrogens with zero attached hydrogens (tertiary/aromatic N) is 1. The Kier molecular flexibility index (Phi) is 5.15. The Bertz CT molecular complexity index is 479. The van der Waals surface area contributed by atoms with Gasteiger partial charge in [0.1, 0.15) is 5.76 Å². The van der Waals surface area contributed by atoms with Crippen molar-refractivity contribution in [3.8, 4) is 0 Å². The lowest BCUT2D eigenvalue weighted by atomic mass is 10.1. The van der Waals surface area contributed by atoms with E-state index in [-0.39, 0.29) is 11.7 Å². The molecule has 1 aromatic rings. The Morgan fingerprint density at radius 2 is 1.95 bits per heavy atom. The SMILES string of the molecule is CC(=O)N/C(CN1CCOCC1)=C(/O)c1ccccc1. The van der Waals surface area contributed by atoms with Gasteiger partial charge in [0.25, 0.3) is 0 Å². The monoisotopic (exact) mass is 276 g/mol. The fraction of sp³-hybridized carbons (Fsp3) is 0.400. The van der Waals surface area contributed by atoms with Crippen LogP contribution in [-0.2, 0) is 9.53 Å². The standard InChI is InChI=1S/C15H20N2O3/c1-12(18)16-14(11-17-7-9-20-10-8-17)15(19)13-5-3-2-4-6-13/h2-6,19H,7-11H2,1H3,(H,16,18)/b15-14+. The van der Waals surface area contributed by atoms with Crippen molar-refractivity contribution in [3.05, 3.63) is 41.6 Å². The fourth-order valence-electron chi connectivity index (χ4n) is 2.14. The highest BCUT2D eigenvalue weighted by molar-refractivity contribution is 5.77. The number of rotatable bonds is 4. The summed E-state index contributed by atoms with van der Waals surface area (Å²) < 4.78 is 5.30. The molecular formula is C15H20N2O3. The second-order valence-electron chi connectivity index (χ2n) is 4.76. The highest BCUT2D eigenvalue weighted by Gasteiger charge is 2.16. The van der Waals surface area contributed by atoms with Crippen molar-refractivity contribution in [2.75, 3.05) is 32.8 Å². The second-order valence-corrected chi connectivity index (χ2v) is 4.76. The topological polar surface area (TPSA) is 61.8 Å². The van der Waals surface area contributed by atoms with E-state index in [1.165, 1.54) is 6.92 Å². The van der Waals surface area contributed by atoms with Crippen molar-refractivity contribution >= 4 is 11.7 Å². The number of benzene rings is 1. The average molecular weight is 276 g/mol. The number of morpholine rings is 1. The molecule has 1 amide bonds. The van der Waals surface area contributed by atoms with Crippen molar-refractivity contribution in [3.63, 3.8) is 0 Å². The van der Waals surface area contributed by atoms with Gasteiger partial charge in [0.05, 0.1) is 18.9 Å². The number of hydrogen-bond acceptors (Lipinski definition) is 4. The van der Waals surface area contributed by atoms with Crippen LogP contribution in [0.2, 0.25) is 0 Å². The van der Waals surface area contributed by atoms with Crippen LogP contribution in [0.5, 0.6) is 0 Å². The third kappa shape index (κ3) is 4.08. The van der Waals surface area contributed by atoms with E-state index in [1.807, 2.05) is 30.3 Å². The van der Waals surface area contributed by atoms with Gasteiger partial charge in [-0.2, -0.15) is 0 Å². The molecule has 1 aromatic carbocycles. The van der Waals surface area contributed by atoms with E-state index in [0.29, 0.717) is 31.0 Å². The largest absolute Gasteiger partial charge is 0.505 e. The summed E-state index contributed by atoms with van der Waals surface area (Å²) in [6.07, 6.45) is 0. The molecule has 0 radical (unpaired) electrons. The summed E-state index contributed by atoms with van der Waals surface area (Å²) in [6.45, 7) is 4.90. The van der Waals surface area contributed by atoms with Crippen LogP contribution in [0, 0.1) is 0 Å². The van der Waals surface area contributed by atoms with Gasteiger partial charge in [-0.1, -0.05) is 30.3 Å². The first-order valence-corrected chi connectivity index (χ1v) is 6.72. The Morgan fingerprint density at radius 3 is 2.55 bits per heavy atom. The van der Waals surface area contributed by atoms with Crippen LogP contribution in [0.1, 0.15) is 12.5 Å². The van der Waals surface area contributed by atoms with Crippen molar-refractivity contribution in [2.24, 2.45) is 0 Å². The summed E-state index contributed by atoms with van der Waals surface area (Å²) in [5.41, 5.74) is 1.23. The molecule has 1 aliphatic heterocycles. The predicted octanol–water partition coefficient (Wildman–Crippen LogP) is 1.38. The highest BCUT2D eigenvalue weighted by atomic mass is 16.5. The maximum absolute atomic E-state index is 11.3. The molecule has 1 fully saturated rings. The fourth-order valence-corrected chi connectivity index (χ4v) is 2.14. The van der Waals surface area contributed by atoms with E-state index in [0.717, 1.165) is 13.1 Å². The minimum atomic E-state index is -0.184. The second kappa shape index (κ2) is 7.07. The van der Waals surface area contributed by atoms with E-state index in [9.17, 15) is 9.90 Å². The molecule has 1 aliphatic rings. The number of carbonyl (C=O) groups excluding carboxylic acids is 1. The van der Waals surface area contributed by atoms with Crippen LogP contribution in [0.3, 0.4) is 0 Å². The molecule has 0 aliphatic carbocycles. The zero-order chi connectivity index (χ0) is 14.4. The Hall–Kier alpha value is -1.85. The molecular weight excluding hydrogens is 256 g/mol. The van der Waals surface area contributed by atoms with Crippen LogP contribution >= 0.6 is 0 Å². The highest BCUT2D eigenvalue weighted by Crippen LogP contribution is 2.15. The maximum Gasteiger partial charge on any atom is 0.221 e. The summed E-state index contributed by atoms with van der Waals surface area (Å²) >= 11 is 0. The van der Waals surface area contributed by atoms with Gasteiger partial charge in [-0.05, 0) is 0 Å². The van der Waals surface area contributed by atoms with E-state index >= 15 is 0 Å². The van der Waals surface area contributed by atoms with Crippen molar-refractivity contribution in [1.29, 1.82) is 0 Å². The average Bonchev–Trinajstić information content (AvgIpc) is 2.47. The van der Waals surface area contributed by atoms with Crippen LogP contribution in [-0.4, -0.2) is 48.8 Å². The Balaban J connectivity index is 2.19. The first-order valence-electron chi connectivity index (χ1n) is 6.72. The number of aliphatic hydroxyl groups excluding tert-OH is 1. The quantitative estimate of drug-likeness (QED) is 0.816. The van der Waals surface area contributed by atoms with Crippen LogP contribution in [0.4, 0.5) is 0 Å². The number of aliphatic hydroxyl groups is 1. The van der Waals surface area contributed by atoms with Gasteiger partial charge in [0, 0.05) is 32.1 Å². The number of nitrogens with one attached hydrogen (secondary N) is 1. The predicted molar refractivity (Wildman–Crippen MR) is 77.1 cm³/mol. The lowest BCUT2D eigenvalue weighted by Gasteiger charge is -2.28. The smallest absolute Gasteiger partial charge is 0.221 e. The molecule has 0 aromatic heterocycles. The molecule has 0 atom stereocenters. The van der Waals surface area contributed by atoms with Gasteiger partial charge in [0.15, 0.2) is 0 Å². The van der Waals surface area contributed by atoms with Gasteiger partial charge in [0.2, 0.25) is 5.91 Å². The molecule has 1 heterocycles. The van der Waals surface area contributed by atoms with Crippen molar-refractivity contribution in [2.45, 2.75) is 6.92 Å². The zero-order valence-electron chi connectivity index (χ0n) is 11.6. The Labute approximate surface area is 118 Å². The lowest BCUT2D eigenvalue weighted by molar-refractivity contribution is -0.118. The summed E-state index contributed by atoms with van der Waals surface area (Å²) in [5, 5.41) is 13.1. The van der Waals surface area contributed by atoms with Crippen LogP contribution in [0.25, 0.3) is 5.76 Å². The number of ether oxygens (including phenoxy) is 1. The number of carbonyl (C=O) groups is 1. The third-order valence-electron chi connectivity index (χ3n) is 3.15. The molecule has 0 saturated carbocycles. The van der Waals surface area contributed by atoms with Gasteiger partial charge in [-0.15, -0.1) is 0 Å². The molecule has 0 unspecified atom stereocenters. The first kappa shape index (κ1) is 14.6. The number of hydrogen-bond donors (Lipinski definition) is 2. The molecule has 0 spiro atoms. The molecule has 2 N–H and O–H groups in total. The zero-order valence-corrected chi connectivity index (χ0v) is 11.6. The molecule has 108 valence electrons. The molecule has 2 rings (SSSR count). The normalized spacial score (nSPS) is 17.4. The molecule has 0 bridgehead atoms. The van der Waals surface area contributed by atoms with E-state index in [2.05, 4.69) is 10.2 Å². The van der Waals surface area contributed by atoms with Crippen molar-refractivity contribution < 1.29 is 14.6 Å². The van der Waals surface area contributed by atoms with Crippen molar-refractivity contribution in [1.82, 2.24) is 10.2 Å². The van der Waals surface area contributed by atoms with Gasteiger partial charge >= 0.3 is 0 Å². The summed E-state index contributed by atoms with van der Waals surface area (Å²) in [7, 11) is 0. The number of amides is 1. The van der Waals surface area contributed by atoms with Gasteiger partial charge in [-0.25, -0.2) is 0 Å². The minimum absolute atomic E-state index is 0.118. The maximum atomic E-state index is 11.3. The van der Waals surface area contributed by atoms with Crippen LogP contribution < -0.4 is 5.32 Å².